The summed E-state index contributed by atoms with van der Waals surface area (Å²) in [5.41, 5.74) is -0.776. The lowest BCUT2D eigenvalue weighted by atomic mass is 10.2. The van der Waals surface area contributed by atoms with Gasteiger partial charge in [-0.3, -0.25) is 10.1 Å². The Balaban J connectivity index is 2.60. The van der Waals surface area contributed by atoms with Crippen LogP contribution in [0.15, 0.2) is 12.3 Å². The molecule has 0 aliphatic rings. The quantitative estimate of drug-likeness (QED) is 0.400. The maximum absolute atomic E-state index is 10.8. The molecule has 9 heteroatoms. The normalized spacial score (nSPS) is 10.2. The molecular weight excluding hydrogens is 272 g/mol. The average Bonchev–Trinajstić information content (AvgIpc) is 2.42. The topological polar surface area (TPSA) is 121 Å². The number of carboxylic acid groups (broad SMARTS) is 1. The maximum atomic E-state index is 10.8. The SMILES string of the molecule is COCCOCCOc1ncc(C(=O)O)cc1[N+](=O)[O-]. The van der Waals surface area contributed by atoms with E-state index >= 15 is 0 Å². The smallest absolute Gasteiger partial charge is 0.337 e. The second-order valence-electron chi connectivity index (χ2n) is 3.56. The Kier molecular flexibility index (Phi) is 6.33. The van der Waals surface area contributed by atoms with Crippen molar-refractivity contribution in [3.05, 3.63) is 27.9 Å². The molecule has 0 unspecified atom stereocenters. The molecule has 0 saturated carbocycles. The number of carboxylic acids is 1. The van der Waals surface area contributed by atoms with Gasteiger partial charge in [-0.2, -0.15) is 0 Å². The summed E-state index contributed by atoms with van der Waals surface area (Å²) in [4.78, 5) is 24.4. The summed E-state index contributed by atoms with van der Waals surface area (Å²) in [6, 6.07) is 0.899. The molecule has 0 atom stereocenters. The van der Waals surface area contributed by atoms with Crippen LogP contribution in [0.3, 0.4) is 0 Å². The van der Waals surface area contributed by atoms with Crippen LogP contribution in [0.25, 0.3) is 0 Å². The van der Waals surface area contributed by atoms with Crippen LogP contribution in [-0.2, 0) is 9.47 Å². The minimum Gasteiger partial charge on any atom is -0.478 e. The number of nitrogens with zero attached hydrogens (tertiary/aromatic N) is 2. The second kappa shape index (κ2) is 8.02. The number of carbonyl (C=O) groups is 1. The molecule has 9 nitrogen and oxygen atoms in total. The highest BCUT2D eigenvalue weighted by Gasteiger charge is 2.20. The molecule has 1 aromatic heterocycles. The van der Waals surface area contributed by atoms with E-state index in [0.717, 1.165) is 12.3 Å². The Labute approximate surface area is 114 Å². The fraction of sp³-hybridized carbons (Fsp3) is 0.455. The summed E-state index contributed by atoms with van der Waals surface area (Å²) in [5, 5.41) is 19.6. The molecule has 0 spiro atoms. The van der Waals surface area contributed by atoms with Gasteiger partial charge in [-0.25, -0.2) is 9.78 Å². The number of methoxy groups -OCH3 is 1. The number of ether oxygens (including phenoxy) is 3. The van der Waals surface area contributed by atoms with Crippen molar-refractivity contribution in [2.45, 2.75) is 0 Å². The Bertz CT molecular complexity index is 478. The zero-order valence-electron chi connectivity index (χ0n) is 10.8. The lowest BCUT2D eigenvalue weighted by Gasteiger charge is -2.06. The summed E-state index contributed by atoms with van der Waals surface area (Å²) < 4.78 is 15.0. The molecule has 0 aliphatic carbocycles. The third-order valence-corrected chi connectivity index (χ3v) is 2.17. The van der Waals surface area contributed by atoms with E-state index in [4.69, 9.17) is 19.3 Å². The van der Waals surface area contributed by atoms with Crippen LogP contribution >= 0.6 is 0 Å². The van der Waals surface area contributed by atoms with Gasteiger partial charge in [-0.15, -0.1) is 0 Å². The molecule has 0 radical (unpaired) electrons. The van der Waals surface area contributed by atoms with E-state index in [-0.39, 0.29) is 24.7 Å². The largest absolute Gasteiger partial charge is 0.478 e. The molecule has 0 aliphatic heterocycles. The molecule has 1 N–H and O–H groups in total. The Morgan fingerprint density at radius 1 is 1.40 bits per heavy atom. The van der Waals surface area contributed by atoms with E-state index in [0.29, 0.717) is 13.2 Å². The number of hydrogen-bond donors (Lipinski definition) is 1. The van der Waals surface area contributed by atoms with Gasteiger partial charge in [0.2, 0.25) is 0 Å². The van der Waals surface area contributed by atoms with Crippen molar-refractivity contribution in [2.24, 2.45) is 0 Å². The molecule has 110 valence electrons. The van der Waals surface area contributed by atoms with Crippen molar-refractivity contribution in [1.29, 1.82) is 0 Å². The molecule has 1 heterocycles. The van der Waals surface area contributed by atoms with E-state index in [1.54, 1.807) is 0 Å². The van der Waals surface area contributed by atoms with Gasteiger partial charge in [0.25, 0.3) is 5.88 Å². The van der Waals surface area contributed by atoms with E-state index < -0.39 is 16.6 Å². The standard InChI is InChI=1S/C11H14N2O7/c1-18-2-3-19-4-5-20-10-9(13(16)17)6-8(7-12-10)11(14)15/h6-7H,2-5H2,1H3,(H,14,15). The minimum atomic E-state index is -1.30. The summed E-state index contributed by atoms with van der Waals surface area (Å²) in [6.45, 7) is 1.09. The second-order valence-corrected chi connectivity index (χ2v) is 3.56. The van der Waals surface area contributed by atoms with Gasteiger partial charge < -0.3 is 19.3 Å². The van der Waals surface area contributed by atoms with Crippen LogP contribution in [-0.4, -0.2) is 54.5 Å². The Hall–Kier alpha value is -2.26. The number of aromatic carboxylic acids is 1. The lowest BCUT2D eigenvalue weighted by Crippen LogP contribution is -2.12. The van der Waals surface area contributed by atoms with Crippen molar-refractivity contribution in [2.75, 3.05) is 33.5 Å². The Morgan fingerprint density at radius 2 is 2.10 bits per heavy atom. The van der Waals surface area contributed by atoms with Crippen LogP contribution in [0.2, 0.25) is 0 Å². The first-order valence-corrected chi connectivity index (χ1v) is 5.63. The van der Waals surface area contributed by atoms with Crippen molar-refractivity contribution in [1.82, 2.24) is 4.98 Å². The first-order chi connectivity index (χ1) is 9.56. The van der Waals surface area contributed by atoms with Crippen molar-refractivity contribution < 1.29 is 29.0 Å². The van der Waals surface area contributed by atoms with Gasteiger partial charge in [0.1, 0.15) is 6.61 Å². The summed E-state index contributed by atoms with van der Waals surface area (Å²) in [7, 11) is 1.54. The predicted molar refractivity (Wildman–Crippen MR) is 66.0 cm³/mol. The van der Waals surface area contributed by atoms with Crippen molar-refractivity contribution >= 4 is 11.7 Å². The lowest BCUT2D eigenvalue weighted by molar-refractivity contribution is -0.386. The number of rotatable bonds is 9. The van der Waals surface area contributed by atoms with E-state index in [1.165, 1.54) is 7.11 Å². The predicted octanol–water partition coefficient (Wildman–Crippen LogP) is 0.730. The fourth-order valence-corrected chi connectivity index (χ4v) is 1.24. The Morgan fingerprint density at radius 3 is 2.70 bits per heavy atom. The first-order valence-electron chi connectivity index (χ1n) is 5.63. The first kappa shape index (κ1) is 15.8. The van der Waals surface area contributed by atoms with Gasteiger partial charge >= 0.3 is 11.7 Å². The summed E-state index contributed by atoms with van der Waals surface area (Å²) in [6.07, 6.45) is 0.996. The monoisotopic (exact) mass is 286 g/mol. The third kappa shape index (κ3) is 4.78. The molecule has 0 fully saturated rings. The van der Waals surface area contributed by atoms with Crippen LogP contribution in [0.1, 0.15) is 10.4 Å². The molecular formula is C11H14N2O7. The number of nitro groups is 1. The molecule has 0 aromatic carbocycles. The molecule has 0 saturated heterocycles. The number of hydrogen-bond acceptors (Lipinski definition) is 7. The van der Waals surface area contributed by atoms with Crippen LogP contribution < -0.4 is 4.74 Å². The minimum absolute atomic E-state index is 0.0595. The van der Waals surface area contributed by atoms with Gasteiger partial charge in [0.15, 0.2) is 0 Å². The highest BCUT2D eigenvalue weighted by Crippen LogP contribution is 2.24. The summed E-state index contributed by atoms with van der Waals surface area (Å²) in [5.74, 6) is -1.54. The van der Waals surface area contributed by atoms with Gasteiger partial charge in [0.05, 0.1) is 30.3 Å². The highest BCUT2D eigenvalue weighted by molar-refractivity contribution is 5.88. The molecule has 1 aromatic rings. The molecule has 20 heavy (non-hydrogen) atoms. The maximum Gasteiger partial charge on any atom is 0.337 e. The van der Waals surface area contributed by atoms with E-state index in [1.807, 2.05) is 0 Å². The zero-order valence-corrected chi connectivity index (χ0v) is 10.8. The molecule has 1 rings (SSSR count). The van der Waals surface area contributed by atoms with Crippen molar-refractivity contribution in [3.8, 4) is 5.88 Å². The highest BCUT2D eigenvalue weighted by atomic mass is 16.6. The summed E-state index contributed by atoms with van der Waals surface area (Å²) >= 11 is 0. The van der Waals surface area contributed by atoms with Gasteiger partial charge in [-0.1, -0.05) is 0 Å². The van der Waals surface area contributed by atoms with E-state index in [9.17, 15) is 14.9 Å². The molecule has 0 amide bonds. The van der Waals surface area contributed by atoms with Crippen LogP contribution in [0.5, 0.6) is 5.88 Å². The number of pyridine rings is 1. The fourth-order valence-electron chi connectivity index (χ4n) is 1.24. The van der Waals surface area contributed by atoms with Crippen LogP contribution in [0.4, 0.5) is 5.69 Å². The third-order valence-electron chi connectivity index (χ3n) is 2.17. The van der Waals surface area contributed by atoms with Gasteiger partial charge in [0, 0.05) is 19.4 Å². The van der Waals surface area contributed by atoms with Crippen LogP contribution in [0, 0.1) is 10.1 Å². The number of aromatic nitrogens is 1. The van der Waals surface area contributed by atoms with Gasteiger partial charge in [-0.05, 0) is 0 Å². The zero-order chi connectivity index (χ0) is 15.0. The van der Waals surface area contributed by atoms with Crippen molar-refractivity contribution in [3.63, 3.8) is 0 Å². The average molecular weight is 286 g/mol. The van der Waals surface area contributed by atoms with E-state index in [2.05, 4.69) is 4.98 Å². The molecule has 0 bridgehead atoms.